The number of benzene rings is 2. The first-order chi connectivity index (χ1) is 14.4. The molecule has 4 rings (SSSR count). The van der Waals surface area contributed by atoms with Crippen molar-refractivity contribution in [3.05, 3.63) is 53.6 Å². The van der Waals surface area contributed by atoms with Crippen molar-refractivity contribution < 1.29 is 17.9 Å². The molecule has 1 unspecified atom stereocenters. The number of rotatable bonds is 5. The van der Waals surface area contributed by atoms with Gasteiger partial charge in [-0.25, -0.2) is 8.42 Å². The van der Waals surface area contributed by atoms with Crippen LogP contribution in [0.15, 0.2) is 47.4 Å². The maximum absolute atomic E-state index is 13.0. The molecule has 1 amide bonds. The van der Waals surface area contributed by atoms with Gasteiger partial charge < -0.3 is 9.64 Å². The van der Waals surface area contributed by atoms with Crippen LogP contribution in [0.1, 0.15) is 37.3 Å². The van der Waals surface area contributed by atoms with E-state index in [2.05, 4.69) is 0 Å². The first kappa shape index (κ1) is 20.9. The highest BCUT2D eigenvalue weighted by molar-refractivity contribution is 7.89. The molecule has 0 bridgehead atoms. The number of anilines is 1. The van der Waals surface area contributed by atoms with Crippen LogP contribution in [-0.2, 0) is 21.2 Å². The van der Waals surface area contributed by atoms with E-state index in [9.17, 15) is 13.2 Å². The predicted molar refractivity (Wildman–Crippen MR) is 116 cm³/mol. The third-order valence-electron chi connectivity index (χ3n) is 5.82. The average Bonchev–Trinajstić information content (AvgIpc) is 3.17. The minimum atomic E-state index is -3.48. The van der Waals surface area contributed by atoms with Gasteiger partial charge in [0.2, 0.25) is 10.0 Å². The Morgan fingerprint density at radius 2 is 1.80 bits per heavy atom. The zero-order valence-electron chi connectivity index (χ0n) is 17.5. The van der Waals surface area contributed by atoms with Crippen molar-refractivity contribution in [1.29, 1.82) is 0 Å². The molecule has 0 spiro atoms. The second-order valence-electron chi connectivity index (χ2n) is 8.07. The van der Waals surface area contributed by atoms with E-state index >= 15 is 0 Å². The number of carbonyl (C=O) groups is 1. The van der Waals surface area contributed by atoms with Crippen molar-refractivity contribution in [2.75, 3.05) is 24.5 Å². The van der Waals surface area contributed by atoms with E-state index < -0.39 is 16.1 Å². The van der Waals surface area contributed by atoms with E-state index in [1.807, 2.05) is 31.2 Å². The van der Waals surface area contributed by atoms with Gasteiger partial charge in [-0.3, -0.25) is 4.79 Å². The molecule has 7 heteroatoms. The molecule has 1 atom stereocenters. The molecule has 0 aromatic heterocycles. The largest absolute Gasteiger partial charge is 0.481 e. The number of sulfonamides is 1. The van der Waals surface area contributed by atoms with E-state index in [-0.39, 0.29) is 5.91 Å². The third-order valence-corrected chi connectivity index (χ3v) is 7.71. The van der Waals surface area contributed by atoms with Gasteiger partial charge in [-0.1, -0.05) is 18.6 Å². The second kappa shape index (κ2) is 8.40. The van der Waals surface area contributed by atoms with E-state index in [1.165, 1.54) is 0 Å². The van der Waals surface area contributed by atoms with Gasteiger partial charge in [0.25, 0.3) is 5.91 Å². The topological polar surface area (TPSA) is 66.9 Å². The van der Waals surface area contributed by atoms with Crippen LogP contribution >= 0.6 is 0 Å². The molecule has 0 aliphatic carbocycles. The molecule has 2 heterocycles. The van der Waals surface area contributed by atoms with Crippen LogP contribution in [-0.4, -0.2) is 44.4 Å². The Morgan fingerprint density at radius 1 is 1.03 bits per heavy atom. The molecule has 2 aromatic rings. The van der Waals surface area contributed by atoms with Crippen molar-refractivity contribution in [3.63, 3.8) is 0 Å². The fourth-order valence-corrected chi connectivity index (χ4v) is 5.75. The summed E-state index contributed by atoms with van der Waals surface area (Å²) < 4.78 is 33.4. The number of carbonyl (C=O) groups excluding carboxylic acids is 1. The fourth-order valence-electron chi connectivity index (χ4n) is 4.18. The summed E-state index contributed by atoms with van der Waals surface area (Å²) in [5, 5.41) is 0. The van der Waals surface area contributed by atoms with Crippen LogP contribution < -0.4 is 9.64 Å². The third kappa shape index (κ3) is 4.09. The highest BCUT2D eigenvalue weighted by Crippen LogP contribution is 2.32. The number of nitrogens with zero attached hydrogens (tertiary/aromatic N) is 2. The molecule has 2 aliphatic rings. The number of amides is 1. The van der Waals surface area contributed by atoms with Gasteiger partial charge in [-0.15, -0.1) is 0 Å². The Hall–Kier alpha value is -2.38. The zero-order valence-corrected chi connectivity index (χ0v) is 18.3. The minimum Gasteiger partial charge on any atom is -0.481 e. The Morgan fingerprint density at radius 3 is 2.53 bits per heavy atom. The molecule has 0 N–H and O–H groups in total. The number of piperidine rings is 1. The van der Waals surface area contributed by atoms with Crippen molar-refractivity contribution in [3.8, 4) is 5.75 Å². The van der Waals surface area contributed by atoms with Gasteiger partial charge in [0.15, 0.2) is 6.10 Å². The van der Waals surface area contributed by atoms with Gasteiger partial charge in [-0.2, -0.15) is 4.31 Å². The van der Waals surface area contributed by atoms with E-state index in [0.717, 1.165) is 36.1 Å². The fraction of sp³-hybridized carbons (Fsp3) is 0.435. The summed E-state index contributed by atoms with van der Waals surface area (Å²) in [5.74, 6) is 0.542. The van der Waals surface area contributed by atoms with E-state index in [1.54, 1.807) is 34.3 Å². The normalized spacial score (nSPS) is 18.1. The summed E-state index contributed by atoms with van der Waals surface area (Å²) in [7, 11) is -3.48. The summed E-state index contributed by atoms with van der Waals surface area (Å²) >= 11 is 0. The van der Waals surface area contributed by atoms with Crippen LogP contribution in [0.2, 0.25) is 0 Å². The van der Waals surface area contributed by atoms with Gasteiger partial charge >= 0.3 is 0 Å². The summed E-state index contributed by atoms with van der Waals surface area (Å²) in [4.78, 5) is 15.0. The summed E-state index contributed by atoms with van der Waals surface area (Å²) in [6.45, 7) is 5.42. The summed E-state index contributed by atoms with van der Waals surface area (Å²) in [6.07, 6.45) is 2.91. The second-order valence-corrected chi connectivity index (χ2v) is 10.0. The molecule has 6 nitrogen and oxygen atoms in total. The molecule has 160 valence electrons. The molecule has 0 radical (unpaired) electrons. The number of aryl methyl sites for hydroxylation is 1. The lowest BCUT2D eigenvalue weighted by atomic mass is 10.2. The lowest BCUT2D eigenvalue weighted by molar-refractivity contribution is -0.124. The molecule has 0 saturated carbocycles. The lowest BCUT2D eigenvalue weighted by Crippen LogP contribution is -2.39. The van der Waals surface area contributed by atoms with Gasteiger partial charge in [-0.05, 0) is 74.6 Å². The summed E-state index contributed by atoms with van der Waals surface area (Å²) in [6, 6.07) is 12.7. The number of fused-ring (bicyclic) bond motifs is 1. The highest BCUT2D eigenvalue weighted by atomic mass is 32.2. The van der Waals surface area contributed by atoms with Crippen molar-refractivity contribution >= 4 is 21.6 Å². The average molecular weight is 429 g/mol. The number of ether oxygens (including phenoxy) is 1. The number of hydrogen-bond donors (Lipinski definition) is 0. The highest BCUT2D eigenvalue weighted by Gasteiger charge is 2.32. The summed E-state index contributed by atoms with van der Waals surface area (Å²) in [5.41, 5.74) is 2.74. The smallest absolute Gasteiger partial charge is 0.267 e. The Kier molecular flexibility index (Phi) is 5.84. The maximum atomic E-state index is 13.0. The lowest BCUT2D eigenvalue weighted by Gasteiger charge is -2.26. The van der Waals surface area contributed by atoms with Crippen molar-refractivity contribution in [2.45, 2.75) is 50.5 Å². The molecule has 30 heavy (non-hydrogen) atoms. The zero-order chi connectivity index (χ0) is 21.3. The molecule has 1 saturated heterocycles. The van der Waals surface area contributed by atoms with Crippen LogP contribution in [0.4, 0.5) is 5.69 Å². The first-order valence-electron chi connectivity index (χ1n) is 10.5. The van der Waals surface area contributed by atoms with Crippen molar-refractivity contribution in [2.24, 2.45) is 0 Å². The predicted octanol–water partition coefficient (Wildman–Crippen LogP) is 3.53. The van der Waals surface area contributed by atoms with Crippen LogP contribution in [0, 0.1) is 6.92 Å². The molecule has 1 fully saturated rings. The number of hydrogen-bond acceptors (Lipinski definition) is 4. The molecule has 2 aliphatic heterocycles. The molecular formula is C23H28N2O4S. The Balaban J connectivity index is 1.51. The Labute approximate surface area is 178 Å². The van der Waals surface area contributed by atoms with E-state index in [0.29, 0.717) is 36.7 Å². The Bertz CT molecular complexity index is 1040. The van der Waals surface area contributed by atoms with E-state index in [4.69, 9.17) is 4.74 Å². The maximum Gasteiger partial charge on any atom is 0.267 e. The van der Waals surface area contributed by atoms with Crippen LogP contribution in [0.5, 0.6) is 5.75 Å². The van der Waals surface area contributed by atoms with Crippen LogP contribution in [0.25, 0.3) is 0 Å². The monoisotopic (exact) mass is 428 g/mol. The van der Waals surface area contributed by atoms with Crippen LogP contribution in [0.3, 0.4) is 0 Å². The van der Waals surface area contributed by atoms with Gasteiger partial charge in [0, 0.05) is 25.3 Å². The SMILES string of the molecule is Cc1cccc(OC(C)C(=O)N2CCc3cc(S(=O)(=O)N4CCCCC4)ccc32)c1. The van der Waals surface area contributed by atoms with Gasteiger partial charge in [0.05, 0.1) is 4.90 Å². The quantitative estimate of drug-likeness (QED) is 0.731. The minimum absolute atomic E-state index is 0.123. The van der Waals surface area contributed by atoms with Crippen molar-refractivity contribution in [1.82, 2.24) is 4.31 Å². The standard InChI is InChI=1S/C23H28N2O4S/c1-17-7-6-8-20(15-17)29-18(2)23(26)25-14-11-19-16-21(9-10-22(19)25)30(27,28)24-12-4-3-5-13-24/h6-10,15-16,18H,3-5,11-14H2,1-2H3. The first-order valence-corrected chi connectivity index (χ1v) is 12.0. The molecule has 2 aromatic carbocycles. The van der Waals surface area contributed by atoms with Gasteiger partial charge in [0.1, 0.15) is 5.75 Å². The molecular weight excluding hydrogens is 400 g/mol.